The molecular formula is C15H31N3. The molecule has 0 spiro atoms. The van der Waals surface area contributed by atoms with E-state index in [0.29, 0.717) is 6.04 Å². The molecule has 0 aromatic heterocycles. The lowest BCUT2D eigenvalue weighted by atomic mass is 10.1. The van der Waals surface area contributed by atoms with E-state index in [4.69, 9.17) is 0 Å². The number of hydrogen-bond acceptors (Lipinski definition) is 3. The second kappa shape index (κ2) is 6.88. The third kappa shape index (κ3) is 3.69. The van der Waals surface area contributed by atoms with Crippen molar-refractivity contribution in [3.8, 4) is 0 Å². The Bertz CT molecular complexity index is 238. The fourth-order valence-electron chi connectivity index (χ4n) is 3.49. The molecule has 2 fully saturated rings. The molecule has 1 saturated heterocycles. The minimum absolute atomic E-state index is 0.687. The Balaban J connectivity index is 1.70. The Morgan fingerprint density at radius 3 is 2.56 bits per heavy atom. The van der Waals surface area contributed by atoms with Gasteiger partial charge in [0.15, 0.2) is 0 Å². The molecular weight excluding hydrogens is 222 g/mol. The molecule has 1 N–H and O–H groups in total. The Morgan fingerprint density at radius 1 is 1.22 bits per heavy atom. The second-order valence-corrected chi connectivity index (χ2v) is 6.21. The van der Waals surface area contributed by atoms with Crippen LogP contribution in [0.5, 0.6) is 0 Å². The van der Waals surface area contributed by atoms with Crippen LogP contribution < -0.4 is 5.32 Å². The van der Waals surface area contributed by atoms with Gasteiger partial charge in [0.25, 0.3) is 0 Å². The van der Waals surface area contributed by atoms with Gasteiger partial charge in [-0.3, -0.25) is 9.80 Å². The topological polar surface area (TPSA) is 18.5 Å². The molecule has 0 amide bonds. The molecule has 2 rings (SSSR count). The number of nitrogens with one attached hydrogen (secondary N) is 1. The van der Waals surface area contributed by atoms with Crippen LogP contribution in [0, 0.1) is 0 Å². The average Bonchev–Trinajstić information content (AvgIpc) is 2.89. The Kier molecular flexibility index (Phi) is 5.46. The molecule has 0 aromatic rings. The molecule has 2 atom stereocenters. The zero-order chi connectivity index (χ0) is 13.0. The number of hydrogen-bond donors (Lipinski definition) is 1. The summed E-state index contributed by atoms with van der Waals surface area (Å²) >= 11 is 0. The monoisotopic (exact) mass is 253 g/mol. The van der Waals surface area contributed by atoms with Gasteiger partial charge in [0.05, 0.1) is 0 Å². The van der Waals surface area contributed by atoms with Crippen LogP contribution in [-0.4, -0.2) is 60.6 Å². The molecule has 2 unspecified atom stereocenters. The summed E-state index contributed by atoms with van der Waals surface area (Å²) in [5.74, 6) is 0. The van der Waals surface area contributed by atoms with Crippen LogP contribution in [-0.2, 0) is 0 Å². The van der Waals surface area contributed by atoms with Crippen molar-refractivity contribution in [1.82, 2.24) is 15.1 Å². The maximum absolute atomic E-state index is 3.76. The van der Waals surface area contributed by atoms with Gasteiger partial charge < -0.3 is 5.32 Å². The molecule has 0 aromatic carbocycles. The third-order valence-electron chi connectivity index (χ3n) is 4.88. The number of rotatable bonds is 5. The summed E-state index contributed by atoms with van der Waals surface area (Å²) in [5, 5.41) is 3.76. The van der Waals surface area contributed by atoms with Gasteiger partial charge >= 0.3 is 0 Å². The fraction of sp³-hybridized carbons (Fsp3) is 1.00. The molecule has 1 aliphatic carbocycles. The molecule has 1 heterocycles. The van der Waals surface area contributed by atoms with Crippen molar-refractivity contribution < 1.29 is 0 Å². The highest BCUT2D eigenvalue weighted by molar-refractivity contribution is 4.83. The average molecular weight is 253 g/mol. The van der Waals surface area contributed by atoms with Gasteiger partial charge in [0.1, 0.15) is 0 Å². The first-order valence-electron chi connectivity index (χ1n) is 7.92. The minimum Gasteiger partial charge on any atom is -0.312 e. The zero-order valence-electron chi connectivity index (χ0n) is 12.5. The highest BCUT2D eigenvalue weighted by atomic mass is 15.3. The first kappa shape index (κ1) is 14.3. The van der Waals surface area contributed by atoms with Crippen molar-refractivity contribution in [3.05, 3.63) is 0 Å². The molecule has 0 bridgehead atoms. The predicted molar refractivity (Wildman–Crippen MR) is 78.0 cm³/mol. The van der Waals surface area contributed by atoms with E-state index in [-0.39, 0.29) is 0 Å². The largest absolute Gasteiger partial charge is 0.312 e. The number of nitrogens with zero attached hydrogens (tertiary/aromatic N) is 2. The molecule has 3 nitrogen and oxygen atoms in total. The molecule has 2 aliphatic rings. The SMILES string of the molecule is CCN1CCN(C(C)CNC2CCCC2)CC1C. The lowest BCUT2D eigenvalue weighted by Gasteiger charge is -2.42. The van der Waals surface area contributed by atoms with Crippen LogP contribution >= 0.6 is 0 Å². The Morgan fingerprint density at radius 2 is 1.94 bits per heavy atom. The van der Waals surface area contributed by atoms with Gasteiger partial charge in [-0.05, 0) is 33.2 Å². The van der Waals surface area contributed by atoms with Crippen molar-refractivity contribution >= 4 is 0 Å². The summed E-state index contributed by atoms with van der Waals surface area (Å²) in [4.78, 5) is 5.26. The first-order valence-corrected chi connectivity index (χ1v) is 7.92. The van der Waals surface area contributed by atoms with E-state index < -0.39 is 0 Å². The van der Waals surface area contributed by atoms with E-state index in [2.05, 4.69) is 35.9 Å². The van der Waals surface area contributed by atoms with Gasteiger partial charge in [-0.2, -0.15) is 0 Å². The molecule has 0 radical (unpaired) electrons. The quantitative estimate of drug-likeness (QED) is 0.808. The van der Waals surface area contributed by atoms with Gasteiger partial charge in [-0.1, -0.05) is 19.8 Å². The van der Waals surface area contributed by atoms with Gasteiger partial charge in [0.2, 0.25) is 0 Å². The summed E-state index contributed by atoms with van der Waals surface area (Å²) in [6.45, 7) is 13.1. The van der Waals surface area contributed by atoms with Gasteiger partial charge in [-0.15, -0.1) is 0 Å². The molecule has 106 valence electrons. The van der Waals surface area contributed by atoms with E-state index >= 15 is 0 Å². The molecule has 3 heteroatoms. The van der Waals surface area contributed by atoms with Crippen molar-refractivity contribution in [3.63, 3.8) is 0 Å². The summed E-state index contributed by atoms with van der Waals surface area (Å²) in [6.07, 6.45) is 5.65. The predicted octanol–water partition coefficient (Wildman–Crippen LogP) is 1.93. The lowest BCUT2D eigenvalue weighted by molar-refractivity contribution is 0.0629. The van der Waals surface area contributed by atoms with Crippen molar-refractivity contribution in [2.24, 2.45) is 0 Å². The molecule has 18 heavy (non-hydrogen) atoms. The standard InChI is InChI=1S/C15H31N3/c1-4-17-9-10-18(12-14(17)3)13(2)11-16-15-7-5-6-8-15/h13-16H,4-12H2,1-3H3. The van der Waals surface area contributed by atoms with Crippen LogP contribution in [0.25, 0.3) is 0 Å². The summed E-state index contributed by atoms with van der Waals surface area (Å²) in [5.41, 5.74) is 0. The summed E-state index contributed by atoms with van der Waals surface area (Å²) in [6, 6.07) is 2.21. The number of piperazine rings is 1. The van der Waals surface area contributed by atoms with Crippen molar-refractivity contribution in [2.45, 2.75) is 64.6 Å². The maximum Gasteiger partial charge on any atom is 0.0195 e. The summed E-state index contributed by atoms with van der Waals surface area (Å²) < 4.78 is 0. The highest BCUT2D eigenvalue weighted by Gasteiger charge is 2.25. The van der Waals surface area contributed by atoms with Crippen LogP contribution in [0.3, 0.4) is 0 Å². The minimum atomic E-state index is 0.687. The van der Waals surface area contributed by atoms with Crippen LogP contribution in [0.15, 0.2) is 0 Å². The normalized spacial score (nSPS) is 29.8. The fourth-order valence-corrected chi connectivity index (χ4v) is 3.49. The highest BCUT2D eigenvalue weighted by Crippen LogP contribution is 2.18. The Hall–Kier alpha value is -0.120. The molecule has 1 aliphatic heterocycles. The van der Waals surface area contributed by atoms with E-state index in [1.54, 1.807) is 0 Å². The lowest BCUT2D eigenvalue weighted by Crippen LogP contribution is -2.56. The van der Waals surface area contributed by atoms with Crippen molar-refractivity contribution in [1.29, 1.82) is 0 Å². The van der Waals surface area contributed by atoms with Gasteiger partial charge in [-0.25, -0.2) is 0 Å². The number of likely N-dealkylation sites (N-methyl/N-ethyl adjacent to an activating group) is 1. The maximum atomic E-state index is 3.76. The van der Waals surface area contributed by atoms with E-state index in [1.807, 2.05) is 0 Å². The van der Waals surface area contributed by atoms with E-state index in [1.165, 1.54) is 58.4 Å². The van der Waals surface area contributed by atoms with Crippen molar-refractivity contribution in [2.75, 3.05) is 32.7 Å². The van der Waals surface area contributed by atoms with Gasteiger partial charge in [0, 0.05) is 44.3 Å². The third-order valence-corrected chi connectivity index (χ3v) is 4.88. The second-order valence-electron chi connectivity index (χ2n) is 6.21. The first-order chi connectivity index (χ1) is 8.70. The van der Waals surface area contributed by atoms with E-state index in [9.17, 15) is 0 Å². The Labute approximate surface area is 113 Å². The smallest absolute Gasteiger partial charge is 0.0195 e. The van der Waals surface area contributed by atoms with Crippen LogP contribution in [0.1, 0.15) is 46.5 Å². The molecule has 1 saturated carbocycles. The zero-order valence-corrected chi connectivity index (χ0v) is 12.5. The van der Waals surface area contributed by atoms with Crippen LogP contribution in [0.4, 0.5) is 0 Å². The summed E-state index contributed by atoms with van der Waals surface area (Å²) in [7, 11) is 0. The van der Waals surface area contributed by atoms with E-state index in [0.717, 1.165) is 12.1 Å². The van der Waals surface area contributed by atoms with Crippen LogP contribution in [0.2, 0.25) is 0 Å².